The van der Waals surface area contributed by atoms with Crippen LogP contribution in [-0.2, 0) is 11.8 Å². The van der Waals surface area contributed by atoms with Gasteiger partial charge in [-0.25, -0.2) is 28.1 Å². The van der Waals surface area contributed by atoms with E-state index in [2.05, 4.69) is 25.4 Å². The summed E-state index contributed by atoms with van der Waals surface area (Å²) in [6.45, 7) is 4.30. The highest BCUT2D eigenvalue weighted by atomic mass is 35.5. The van der Waals surface area contributed by atoms with Gasteiger partial charge in [0.15, 0.2) is 5.82 Å². The van der Waals surface area contributed by atoms with Crippen molar-refractivity contribution in [1.29, 1.82) is 0 Å². The molecule has 1 aliphatic carbocycles. The standard InChI is InChI=1S/C28H24ClF3N8O3/c1-12-18(9-33-28(35-12)39-10-14-6-17(14)27(39)43)13(2)40-11-15(8-34-40)36-26(42)25-37-20(7-21(41)38(25)3)22-16(24(31)32)4-5-19(29)23(22)30/h4-5,7-9,11,13-14,17,24H,6,10H2,1-3H3,(H,36,42)/t13-,14+,17+/m0/s1. The van der Waals surface area contributed by atoms with Crippen molar-refractivity contribution >= 4 is 35.1 Å². The Morgan fingerprint density at radius 3 is 2.60 bits per heavy atom. The molecule has 0 bridgehead atoms. The number of hydrogen-bond acceptors (Lipinski definition) is 7. The number of rotatable bonds is 7. The van der Waals surface area contributed by atoms with Gasteiger partial charge in [0, 0.05) is 60.4 Å². The third kappa shape index (κ3) is 5.05. The lowest BCUT2D eigenvalue weighted by Gasteiger charge is -2.19. The van der Waals surface area contributed by atoms with Gasteiger partial charge in [0.1, 0.15) is 0 Å². The molecule has 3 atom stereocenters. The number of anilines is 2. The molecule has 2 fully saturated rings. The van der Waals surface area contributed by atoms with Crippen molar-refractivity contribution in [3.63, 3.8) is 0 Å². The van der Waals surface area contributed by atoms with Gasteiger partial charge < -0.3 is 5.32 Å². The average molecular weight is 613 g/mol. The van der Waals surface area contributed by atoms with E-state index in [0.717, 1.165) is 34.8 Å². The zero-order valence-corrected chi connectivity index (χ0v) is 23.8. The van der Waals surface area contributed by atoms with Crippen LogP contribution in [0.4, 0.5) is 24.8 Å². The Balaban J connectivity index is 1.23. The van der Waals surface area contributed by atoms with Gasteiger partial charge in [0.05, 0.1) is 28.6 Å². The third-order valence-electron chi connectivity index (χ3n) is 7.83. The third-order valence-corrected chi connectivity index (χ3v) is 8.12. The predicted molar refractivity (Wildman–Crippen MR) is 150 cm³/mol. The molecule has 6 rings (SSSR count). The average Bonchev–Trinajstić information content (AvgIpc) is 3.46. The lowest BCUT2D eigenvalue weighted by Crippen LogP contribution is -2.30. The van der Waals surface area contributed by atoms with E-state index in [1.165, 1.54) is 13.2 Å². The predicted octanol–water partition coefficient (Wildman–Crippen LogP) is 4.32. The monoisotopic (exact) mass is 612 g/mol. The van der Waals surface area contributed by atoms with Crippen LogP contribution in [0.15, 0.2) is 41.6 Å². The molecule has 1 aromatic carbocycles. The summed E-state index contributed by atoms with van der Waals surface area (Å²) in [6.07, 6.45) is 2.41. The molecule has 1 saturated carbocycles. The van der Waals surface area contributed by atoms with Gasteiger partial charge in [-0.1, -0.05) is 17.7 Å². The summed E-state index contributed by atoms with van der Waals surface area (Å²) in [6, 6.07) is 2.42. The fraction of sp³-hybridized carbons (Fsp3) is 0.321. The number of aryl methyl sites for hydroxylation is 1. The molecule has 4 heterocycles. The minimum atomic E-state index is -3.09. The number of fused-ring (bicyclic) bond motifs is 1. The molecule has 222 valence electrons. The summed E-state index contributed by atoms with van der Waals surface area (Å²) in [5.41, 5.74) is -0.956. The molecule has 1 N–H and O–H groups in total. The van der Waals surface area contributed by atoms with Gasteiger partial charge in [0.25, 0.3) is 17.9 Å². The molecule has 2 aliphatic rings. The Labute approximate surface area is 247 Å². The zero-order chi connectivity index (χ0) is 30.7. The van der Waals surface area contributed by atoms with Crippen LogP contribution in [-0.4, -0.2) is 47.7 Å². The van der Waals surface area contributed by atoms with E-state index in [9.17, 15) is 27.6 Å². The number of alkyl halides is 2. The number of aromatic nitrogens is 6. The van der Waals surface area contributed by atoms with E-state index in [0.29, 0.717) is 24.1 Å². The number of carbonyl (C=O) groups excluding carboxylic acids is 2. The second-order valence-electron chi connectivity index (χ2n) is 10.6. The van der Waals surface area contributed by atoms with E-state index < -0.39 is 51.4 Å². The summed E-state index contributed by atoms with van der Waals surface area (Å²) in [7, 11) is 1.27. The van der Waals surface area contributed by atoms with Crippen LogP contribution in [0.5, 0.6) is 0 Å². The Kier molecular flexibility index (Phi) is 7.03. The Bertz CT molecular complexity index is 1860. The van der Waals surface area contributed by atoms with Crippen LogP contribution in [0.3, 0.4) is 0 Å². The SMILES string of the molecule is Cc1nc(N2C[C@H]3C[C@H]3C2=O)ncc1[C@H](C)n1cc(NC(=O)c2nc(-c3c(C(F)F)ccc(Cl)c3F)cc(=O)n2C)cn1. The van der Waals surface area contributed by atoms with Gasteiger partial charge in [-0.2, -0.15) is 5.10 Å². The Hall–Kier alpha value is -4.59. The minimum absolute atomic E-state index is 0.0577. The maximum atomic E-state index is 14.8. The van der Waals surface area contributed by atoms with Crippen LogP contribution in [0.1, 0.15) is 53.3 Å². The quantitative estimate of drug-likeness (QED) is 0.329. The highest BCUT2D eigenvalue weighted by molar-refractivity contribution is 6.31. The zero-order valence-electron chi connectivity index (χ0n) is 23.1. The topological polar surface area (TPSA) is 128 Å². The molecular weight excluding hydrogens is 589 g/mol. The Morgan fingerprint density at radius 2 is 1.93 bits per heavy atom. The number of halogens is 4. The molecule has 15 heteroatoms. The molecule has 1 aliphatic heterocycles. The highest BCUT2D eigenvalue weighted by Crippen LogP contribution is 2.46. The van der Waals surface area contributed by atoms with Crippen LogP contribution >= 0.6 is 11.6 Å². The van der Waals surface area contributed by atoms with E-state index in [1.54, 1.807) is 22.0 Å². The number of piperidine rings is 1. The highest BCUT2D eigenvalue weighted by Gasteiger charge is 2.53. The van der Waals surface area contributed by atoms with E-state index in [-0.39, 0.29) is 23.6 Å². The van der Waals surface area contributed by atoms with Crippen molar-refractivity contribution < 1.29 is 22.8 Å². The van der Waals surface area contributed by atoms with Crippen molar-refractivity contribution in [3.05, 3.63) is 80.6 Å². The van der Waals surface area contributed by atoms with Gasteiger partial charge >= 0.3 is 0 Å². The van der Waals surface area contributed by atoms with Crippen LogP contribution in [0.2, 0.25) is 5.02 Å². The second kappa shape index (κ2) is 10.6. The van der Waals surface area contributed by atoms with E-state index >= 15 is 0 Å². The molecule has 1 saturated heterocycles. The molecule has 3 aromatic heterocycles. The van der Waals surface area contributed by atoms with Crippen LogP contribution < -0.4 is 15.8 Å². The van der Waals surface area contributed by atoms with Crippen molar-refractivity contribution in [2.45, 2.75) is 32.7 Å². The van der Waals surface area contributed by atoms with Crippen molar-refractivity contribution in [2.24, 2.45) is 18.9 Å². The number of carbonyl (C=O) groups is 2. The smallest absolute Gasteiger partial charge is 0.291 e. The molecule has 11 nitrogen and oxygen atoms in total. The summed E-state index contributed by atoms with van der Waals surface area (Å²) in [5, 5.41) is 6.45. The first-order chi connectivity index (χ1) is 20.4. The summed E-state index contributed by atoms with van der Waals surface area (Å²) in [5.74, 6) is -1.57. The fourth-order valence-electron chi connectivity index (χ4n) is 5.28. The van der Waals surface area contributed by atoms with Gasteiger partial charge in [-0.05, 0) is 32.3 Å². The fourth-order valence-corrected chi connectivity index (χ4v) is 5.44. The minimum Gasteiger partial charge on any atom is -0.317 e. The van der Waals surface area contributed by atoms with Crippen molar-refractivity contribution in [1.82, 2.24) is 29.3 Å². The van der Waals surface area contributed by atoms with Crippen molar-refractivity contribution in [2.75, 3.05) is 16.8 Å². The second-order valence-corrected chi connectivity index (χ2v) is 11.0. The Morgan fingerprint density at radius 1 is 1.16 bits per heavy atom. The summed E-state index contributed by atoms with van der Waals surface area (Å²) >= 11 is 5.81. The van der Waals surface area contributed by atoms with Gasteiger partial charge in [-0.15, -0.1) is 0 Å². The number of benzene rings is 1. The first kappa shape index (κ1) is 28.5. The molecule has 4 aromatic rings. The largest absolute Gasteiger partial charge is 0.317 e. The first-order valence-corrected chi connectivity index (χ1v) is 13.7. The summed E-state index contributed by atoms with van der Waals surface area (Å²) < 4.78 is 44.6. The van der Waals surface area contributed by atoms with Crippen molar-refractivity contribution in [3.8, 4) is 11.3 Å². The number of hydrogen-bond donors (Lipinski definition) is 1. The molecule has 0 radical (unpaired) electrons. The lowest BCUT2D eigenvalue weighted by molar-refractivity contribution is -0.118. The van der Waals surface area contributed by atoms with E-state index in [4.69, 9.17) is 11.6 Å². The number of nitrogens with one attached hydrogen (secondary N) is 1. The van der Waals surface area contributed by atoms with Crippen LogP contribution in [0, 0.1) is 24.6 Å². The van der Waals surface area contributed by atoms with E-state index in [1.807, 2.05) is 13.8 Å². The first-order valence-electron chi connectivity index (χ1n) is 13.3. The van der Waals surface area contributed by atoms with Gasteiger partial charge in [0.2, 0.25) is 17.7 Å². The maximum Gasteiger partial charge on any atom is 0.291 e. The molecule has 43 heavy (non-hydrogen) atoms. The number of nitrogens with zero attached hydrogens (tertiary/aromatic N) is 7. The molecule has 2 amide bonds. The lowest BCUT2D eigenvalue weighted by atomic mass is 10.0. The maximum absolute atomic E-state index is 14.8. The van der Waals surface area contributed by atoms with Crippen LogP contribution in [0.25, 0.3) is 11.3 Å². The molecular formula is C28H24ClF3N8O3. The molecule has 0 spiro atoms. The van der Waals surface area contributed by atoms with Gasteiger partial charge in [-0.3, -0.25) is 28.5 Å². The molecule has 0 unspecified atom stereocenters. The summed E-state index contributed by atoms with van der Waals surface area (Å²) in [4.78, 5) is 52.8. The normalized spacial score (nSPS) is 18.2. The number of amides is 2.